The van der Waals surface area contributed by atoms with E-state index in [9.17, 15) is 4.79 Å². The second-order valence-electron chi connectivity index (χ2n) is 4.30. The molecular formula is C13H17N5O2. The van der Waals surface area contributed by atoms with Crippen LogP contribution >= 0.6 is 0 Å². The molecule has 0 radical (unpaired) electrons. The molecule has 20 heavy (non-hydrogen) atoms. The minimum Gasteiger partial charge on any atom is -0.378 e. The molecular weight excluding hydrogens is 258 g/mol. The van der Waals surface area contributed by atoms with Gasteiger partial charge in [0.15, 0.2) is 0 Å². The van der Waals surface area contributed by atoms with Crippen molar-refractivity contribution in [1.82, 2.24) is 4.90 Å². The second kappa shape index (κ2) is 6.67. The average molecular weight is 275 g/mol. The van der Waals surface area contributed by atoms with Gasteiger partial charge in [-0.25, -0.2) is 0 Å². The van der Waals surface area contributed by atoms with E-state index in [2.05, 4.69) is 10.2 Å². The van der Waals surface area contributed by atoms with Gasteiger partial charge in [0.1, 0.15) is 0 Å². The number of ether oxygens (including phenoxy) is 1. The molecule has 1 heterocycles. The SMILES string of the molecule is NC(N)=NN=Cc1ccc(C(=O)N2CCOCC2)cc1. The summed E-state index contributed by atoms with van der Waals surface area (Å²) in [6, 6.07) is 7.10. The molecule has 1 aliphatic rings. The van der Waals surface area contributed by atoms with Crippen LogP contribution in [-0.4, -0.2) is 49.3 Å². The summed E-state index contributed by atoms with van der Waals surface area (Å²) >= 11 is 0. The quantitative estimate of drug-likeness (QED) is 0.451. The zero-order valence-electron chi connectivity index (χ0n) is 11.0. The largest absolute Gasteiger partial charge is 0.378 e. The van der Waals surface area contributed by atoms with Crippen LogP contribution in [0.5, 0.6) is 0 Å². The van der Waals surface area contributed by atoms with E-state index in [4.69, 9.17) is 16.2 Å². The molecule has 0 saturated carbocycles. The Kier molecular flexibility index (Phi) is 4.67. The van der Waals surface area contributed by atoms with Crippen LogP contribution in [-0.2, 0) is 4.74 Å². The predicted molar refractivity (Wildman–Crippen MR) is 76.6 cm³/mol. The number of nitrogens with two attached hydrogens (primary N) is 2. The van der Waals surface area contributed by atoms with Gasteiger partial charge in [0.25, 0.3) is 5.91 Å². The number of carbonyl (C=O) groups is 1. The maximum absolute atomic E-state index is 12.2. The summed E-state index contributed by atoms with van der Waals surface area (Å²) in [4.78, 5) is 14.0. The van der Waals surface area contributed by atoms with Gasteiger partial charge in [-0.15, -0.1) is 5.10 Å². The molecule has 1 amide bonds. The third-order valence-corrected chi connectivity index (χ3v) is 2.84. The maximum atomic E-state index is 12.2. The van der Waals surface area contributed by atoms with Gasteiger partial charge in [-0.3, -0.25) is 4.79 Å². The number of hydrogen-bond donors (Lipinski definition) is 2. The van der Waals surface area contributed by atoms with Crippen molar-refractivity contribution < 1.29 is 9.53 Å². The molecule has 0 atom stereocenters. The first-order chi connectivity index (χ1) is 9.66. The predicted octanol–water partition coefficient (Wildman–Crippen LogP) is -0.234. The smallest absolute Gasteiger partial charge is 0.254 e. The number of guanidine groups is 1. The van der Waals surface area contributed by atoms with Crippen molar-refractivity contribution in [2.24, 2.45) is 21.7 Å². The van der Waals surface area contributed by atoms with E-state index in [0.29, 0.717) is 31.9 Å². The number of hydrogen-bond acceptors (Lipinski definition) is 4. The lowest BCUT2D eigenvalue weighted by molar-refractivity contribution is 0.0303. The van der Waals surface area contributed by atoms with Gasteiger partial charge in [0, 0.05) is 18.7 Å². The van der Waals surface area contributed by atoms with Gasteiger partial charge in [-0.2, -0.15) is 5.10 Å². The van der Waals surface area contributed by atoms with Crippen molar-refractivity contribution >= 4 is 18.1 Å². The van der Waals surface area contributed by atoms with Crippen LogP contribution in [0, 0.1) is 0 Å². The van der Waals surface area contributed by atoms with Crippen LogP contribution < -0.4 is 11.5 Å². The zero-order valence-corrected chi connectivity index (χ0v) is 11.0. The average Bonchev–Trinajstić information content (AvgIpc) is 2.48. The van der Waals surface area contributed by atoms with Crippen LogP contribution in [0.25, 0.3) is 0 Å². The maximum Gasteiger partial charge on any atom is 0.254 e. The molecule has 7 nitrogen and oxygen atoms in total. The summed E-state index contributed by atoms with van der Waals surface area (Å²) in [6.45, 7) is 2.45. The summed E-state index contributed by atoms with van der Waals surface area (Å²) in [5.74, 6) is -0.0821. The van der Waals surface area contributed by atoms with E-state index >= 15 is 0 Å². The first-order valence-electron chi connectivity index (χ1n) is 6.26. The van der Waals surface area contributed by atoms with Gasteiger partial charge in [0.05, 0.1) is 19.4 Å². The number of amides is 1. The van der Waals surface area contributed by atoms with Gasteiger partial charge in [-0.05, 0) is 17.7 Å². The van der Waals surface area contributed by atoms with Crippen molar-refractivity contribution in [3.8, 4) is 0 Å². The summed E-state index contributed by atoms with van der Waals surface area (Å²) in [5, 5.41) is 7.21. The Morgan fingerprint density at radius 2 is 1.85 bits per heavy atom. The molecule has 0 spiro atoms. The fraction of sp³-hybridized carbons (Fsp3) is 0.308. The molecule has 2 rings (SSSR count). The Balaban J connectivity index is 2.02. The number of rotatable bonds is 3. The van der Waals surface area contributed by atoms with E-state index in [-0.39, 0.29) is 11.9 Å². The molecule has 0 aliphatic carbocycles. The third kappa shape index (κ3) is 3.79. The van der Waals surface area contributed by atoms with Crippen molar-refractivity contribution in [3.63, 3.8) is 0 Å². The van der Waals surface area contributed by atoms with Crippen molar-refractivity contribution in [2.75, 3.05) is 26.3 Å². The lowest BCUT2D eigenvalue weighted by Gasteiger charge is -2.26. The number of benzene rings is 1. The van der Waals surface area contributed by atoms with E-state index in [1.807, 2.05) is 0 Å². The highest BCUT2D eigenvalue weighted by atomic mass is 16.5. The normalized spacial score (nSPS) is 15.3. The molecule has 1 aromatic rings. The number of morpholine rings is 1. The van der Waals surface area contributed by atoms with E-state index in [1.54, 1.807) is 29.2 Å². The lowest BCUT2D eigenvalue weighted by atomic mass is 10.1. The topological polar surface area (TPSA) is 106 Å². The standard InChI is InChI=1S/C13H17N5O2/c14-13(15)17-16-9-10-1-3-11(4-2-10)12(19)18-5-7-20-8-6-18/h1-4,9H,5-8H2,(H4,14,15,17). The van der Waals surface area contributed by atoms with E-state index in [1.165, 1.54) is 6.21 Å². The van der Waals surface area contributed by atoms with E-state index in [0.717, 1.165) is 5.56 Å². The first-order valence-corrected chi connectivity index (χ1v) is 6.26. The molecule has 106 valence electrons. The Bertz CT molecular complexity index is 514. The highest BCUT2D eigenvalue weighted by Crippen LogP contribution is 2.08. The van der Waals surface area contributed by atoms with Crippen molar-refractivity contribution in [2.45, 2.75) is 0 Å². The molecule has 1 saturated heterocycles. The highest BCUT2D eigenvalue weighted by Gasteiger charge is 2.17. The Hall–Kier alpha value is -2.41. The van der Waals surface area contributed by atoms with Crippen LogP contribution in [0.15, 0.2) is 34.5 Å². The number of carbonyl (C=O) groups excluding carboxylic acids is 1. The Morgan fingerprint density at radius 1 is 1.20 bits per heavy atom. The summed E-state index contributed by atoms with van der Waals surface area (Å²) in [5.41, 5.74) is 11.8. The fourth-order valence-electron chi connectivity index (χ4n) is 1.82. The zero-order chi connectivity index (χ0) is 14.4. The third-order valence-electron chi connectivity index (χ3n) is 2.84. The fourth-order valence-corrected chi connectivity index (χ4v) is 1.82. The lowest BCUT2D eigenvalue weighted by Crippen LogP contribution is -2.40. The molecule has 1 aromatic carbocycles. The van der Waals surface area contributed by atoms with Crippen molar-refractivity contribution in [1.29, 1.82) is 0 Å². The highest BCUT2D eigenvalue weighted by molar-refractivity contribution is 5.95. The van der Waals surface area contributed by atoms with Crippen LogP contribution in [0.1, 0.15) is 15.9 Å². The van der Waals surface area contributed by atoms with Gasteiger partial charge in [-0.1, -0.05) is 12.1 Å². The van der Waals surface area contributed by atoms with Gasteiger partial charge in [0.2, 0.25) is 5.96 Å². The number of nitrogens with zero attached hydrogens (tertiary/aromatic N) is 3. The molecule has 1 aliphatic heterocycles. The van der Waals surface area contributed by atoms with Gasteiger partial charge >= 0.3 is 0 Å². The molecule has 0 unspecified atom stereocenters. The molecule has 1 fully saturated rings. The molecule has 0 aromatic heterocycles. The summed E-state index contributed by atoms with van der Waals surface area (Å²) in [6.07, 6.45) is 1.52. The summed E-state index contributed by atoms with van der Waals surface area (Å²) < 4.78 is 5.22. The van der Waals surface area contributed by atoms with Crippen LogP contribution in [0.4, 0.5) is 0 Å². The Morgan fingerprint density at radius 3 is 2.45 bits per heavy atom. The Labute approximate surface area is 116 Å². The second-order valence-corrected chi connectivity index (χ2v) is 4.30. The van der Waals surface area contributed by atoms with Crippen molar-refractivity contribution in [3.05, 3.63) is 35.4 Å². The molecule has 7 heteroatoms. The molecule has 4 N–H and O–H groups in total. The van der Waals surface area contributed by atoms with Crippen LogP contribution in [0.2, 0.25) is 0 Å². The summed E-state index contributed by atoms with van der Waals surface area (Å²) in [7, 11) is 0. The minimum atomic E-state index is -0.0969. The van der Waals surface area contributed by atoms with Gasteiger partial charge < -0.3 is 21.1 Å². The molecule has 0 bridgehead atoms. The monoisotopic (exact) mass is 275 g/mol. The minimum absolute atomic E-state index is 0.0148. The van der Waals surface area contributed by atoms with E-state index < -0.39 is 0 Å². The first kappa shape index (κ1) is 14.0. The van der Waals surface area contributed by atoms with Crippen LogP contribution in [0.3, 0.4) is 0 Å².